The Kier molecular flexibility index (Phi) is 5.06. The molecule has 0 heterocycles. The number of nitrogens with one attached hydrogen (secondary N) is 1. The van der Waals surface area contributed by atoms with E-state index in [4.69, 9.17) is 0 Å². The van der Waals surface area contributed by atoms with E-state index in [9.17, 15) is 0 Å². The molecular weight excluding hydrogens is 230 g/mol. The Morgan fingerprint density at radius 1 is 0.895 bits per heavy atom. The summed E-state index contributed by atoms with van der Waals surface area (Å²) in [4.78, 5) is 0. The van der Waals surface area contributed by atoms with Crippen LogP contribution in [0, 0.1) is 5.41 Å². The van der Waals surface area contributed by atoms with E-state index in [1.54, 1.807) is 0 Å². The van der Waals surface area contributed by atoms with Crippen LogP contribution in [-0.4, -0.2) is 5.54 Å². The van der Waals surface area contributed by atoms with Gasteiger partial charge in [-0.25, -0.2) is 0 Å². The third-order valence-corrected chi connectivity index (χ3v) is 3.43. The Morgan fingerprint density at radius 2 is 1.37 bits per heavy atom. The third-order valence-electron chi connectivity index (χ3n) is 3.43. The van der Waals surface area contributed by atoms with Crippen molar-refractivity contribution >= 4 is 5.69 Å². The quantitative estimate of drug-likeness (QED) is 0.744. The van der Waals surface area contributed by atoms with E-state index in [0.717, 1.165) is 19.3 Å². The maximum Gasteiger partial charge on any atom is 0.0409 e. The van der Waals surface area contributed by atoms with E-state index in [0.29, 0.717) is 5.41 Å². The molecule has 1 N–H and O–H groups in total. The molecular formula is C18H31N. The molecule has 0 atom stereocenters. The van der Waals surface area contributed by atoms with Crippen molar-refractivity contribution in [3.05, 3.63) is 29.3 Å². The average Bonchev–Trinajstić information content (AvgIpc) is 2.25. The first-order chi connectivity index (χ1) is 8.68. The van der Waals surface area contributed by atoms with Crippen molar-refractivity contribution in [3.8, 4) is 0 Å². The molecule has 1 heteroatoms. The van der Waals surface area contributed by atoms with Crippen LogP contribution in [0.2, 0.25) is 0 Å². The number of benzene rings is 1. The second kappa shape index (κ2) is 5.98. The van der Waals surface area contributed by atoms with Crippen LogP contribution in [0.5, 0.6) is 0 Å². The molecule has 0 aromatic heterocycles. The van der Waals surface area contributed by atoms with Gasteiger partial charge in [0.25, 0.3) is 0 Å². The molecule has 19 heavy (non-hydrogen) atoms. The topological polar surface area (TPSA) is 12.0 Å². The largest absolute Gasteiger partial charge is 0.380 e. The Morgan fingerprint density at radius 3 is 1.74 bits per heavy atom. The van der Waals surface area contributed by atoms with Crippen LogP contribution < -0.4 is 5.32 Å². The summed E-state index contributed by atoms with van der Waals surface area (Å²) >= 11 is 0. The lowest BCUT2D eigenvalue weighted by molar-refractivity contribution is 0.302. The molecule has 1 rings (SSSR count). The molecule has 0 bridgehead atoms. The molecule has 0 aliphatic carbocycles. The SMILES string of the molecule is CCc1cccc(CC)c1NC(C)(C)CC(C)(C)C. The van der Waals surface area contributed by atoms with Gasteiger partial charge in [-0.2, -0.15) is 0 Å². The van der Waals surface area contributed by atoms with E-state index in [1.807, 2.05) is 0 Å². The number of anilines is 1. The predicted molar refractivity (Wildman–Crippen MR) is 87.0 cm³/mol. The molecule has 0 aliphatic heterocycles. The maximum atomic E-state index is 3.81. The fourth-order valence-corrected chi connectivity index (χ4v) is 3.11. The van der Waals surface area contributed by atoms with Crippen LogP contribution in [0.1, 0.15) is 66.0 Å². The van der Waals surface area contributed by atoms with Crippen LogP contribution in [-0.2, 0) is 12.8 Å². The Bertz CT molecular complexity index is 388. The van der Waals surface area contributed by atoms with Crippen LogP contribution in [0.25, 0.3) is 0 Å². The summed E-state index contributed by atoms with van der Waals surface area (Å²) < 4.78 is 0. The van der Waals surface area contributed by atoms with Crippen molar-refractivity contribution in [3.63, 3.8) is 0 Å². The summed E-state index contributed by atoms with van der Waals surface area (Å²) in [5.74, 6) is 0. The van der Waals surface area contributed by atoms with Crippen molar-refractivity contribution in [1.82, 2.24) is 0 Å². The molecule has 1 nitrogen and oxygen atoms in total. The summed E-state index contributed by atoms with van der Waals surface area (Å²) in [6, 6.07) is 6.67. The number of aryl methyl sites for hydroxylation is 2. The van der Waals surface area contributed by atoms with Gasteiger partial charge in [0, 0.05) is 11.2 Å². The van der Waals surface area contributed by atoms with Gasteiger partial charge in [-0.05, 0) is 49.7 Å². The highest BCUT2D eigenvalue weighted by atomic mass is 15.0. The minimum atomic E-state index is 0.118. The molecule has 0 spiro atoms. The van der Waals surface area contributed by atoms with Crippen molar-refractivity contribution in [2.75, 3.05) is 5.32 Å². The molecule has 1 aromatic rings. The zero-order chi connectivity index (χ0) is 14.7. The minimum Gasteiger partial charge on any atom is -0.380 e. The van der Waals surface area contributed by atoms with Crippen LogP contribution >= 0.6 is 0 Å². The first-order valence-electron chi connectivity index (χ1n) is 7.57. The third kappa shape index (κ3) is 4.89. The van der Waals surface area contributed by atoms with Gasteiger partial charge < -0.3 is 5.32 Å². The molecule has 0 saturated heterocycles. The summed E-state index contributed by atoms with van der Waals surface area (Å²) in [6.45, 7) is 16.0. The maximum absolute atomic E-state index is 3.81. The zero-order valence-corrected chi connectivity index (χ0v) is 13.9. The molecule has 0 fully saturated rings. The normalized spacial score (nSPS) is 12.6. The fourth-order valence-electron chi connectivity index (χ4n) is 3.11. The van der Waals surface area contributed by atoms with Gasteiger partial charge in [0.15, 0.2) is 0 Å². The summed E-state index contributed by atoms with van der Waals surface area (Å²) in [7, 11) is 0. The molecule has 108 valence electrons. The van der Waals surface area contributed by atoms with Crippen molar-refractivity contribution in [2.45, 2.75) is 73.3 Å². The van der Waals surface area contributed by atoms with E-state index in [2.05, 4.69) is 72.0 Å². The summed E-state index contributed by atoms with van der Waals surface area (Å²) in [6.07, 6.45) is 3.32. The van der Waals surface area contributed by atoms with Gasteiger partial charge in [0.05, 0.1) is 0 Å². The van der Waals surface area contributed by atoms with Crippen LogP contribution in [0.4, 0.5) is 5.69 Å². The molecule has 0 unspecified atom stereocenters. The molecule has 0 saturated carbocycles. The summed E-state index contributed by atoms with van der Waals surface area (Å²) in [5, 5.41) is 3.81. The zero-order valence-electron chi connectivity index (χ0n) is 13.9. The highest BCUT2D eigenvalue weighted by Gasteiger charge is 2.26. The van der Waals surface area contributed by atoms with E-state index in [-0.39, 0.29) is 5.54 Å². The lowest BCUT2D eigenvalue weighted by atomic mass is 9.81. The monoisotopic (exact) mass is 261 g/mol. The molecule has 0 amide bonds. The Balaban J connectivity index is 3.03. The van der Waals surface area contributed by atoms with Crippen LogP contribution in [0.15, 0.2) is 18.2 Å². The van der Waals surface area contributed by atoms with Crippen molar-refractivity contribution < 1.29 is 0 Å². The smallest absolute Gasteiger partial charge is 0.0409 e. The van der Waals surface area contributed by atoms with E-state index < -0.39 is 0 Å². The van der Waals surface area contributed by atoms with E-state index in [1.165, 1.54) is 16.8 Å². The fraction of sp³-hybridized carbons (Fsp3) is 0.667. The molecule has 0 aliphatic rings. The Hall–Kier alpha value is -0.980. The minimum absolute atomic E-state index is 0.118. The van der Waals surface area contributed by atoms with Crippen molar-refractivity contribution in [1.29, 1.82) is 0 Å². The van der Waals surface area contributed by atoms with Gasteiger partial charge in [0.1, 0.15) is 0 Å². The number of para-hydroxylation sites is 1. The highest BCUT2D eigenvalue weighted by Crippen LogP contribution is 2.32. The van der Waals surface area contributed by atoms with Gasteiger partial charge in [0.2, 0.25) is 0 Å². The van der Waals surface area contributed by atoms with Crippen LogP contribution in [0.3, 0.4) is 0 Å². The number of hydrogen-bond donors (Lipinski definition) is 1. The number of hydrogen-bond acceptors (Lipinski definition) is 1. The standard InChI is InChI=1S/C18H31N/c1-8-14-11-10-12-15(9-2)16(14)19-18(6,7)13-17(3,4)5/h10-12,19H,8-9,13H2,1-7H3. The van der Waals surface area contributed by atoms with Gasteiger partial charge in [-0.3, -0.25) is 0 Å². The van der Waals surface area contributed by atoms with Gasteiger partial charge >= 0.3 is 0 Å². The first kappa shape index (κ1) is 16.1. The van der Waals surface area contributed by atoms with E-state index >= 15 is 0 Å². The second-order valence-corrected chi connectivity index (χ2v) is 7.40. The second-order valence-electron chi connectivity index (χ2n) is 7.40. The Labute approximate surface area is 119 Å². The average molecular weight is 261 g/mol. The first-order valence-corrected chi connectivity index (χ1v) is 7.57. The highest BCUT2D eigenvalue weighted by molar-refractivity contribution is 5.59. The predicted octanol–water partition coefficient (Wildman–Crippen LogP) is 5.44. The lowest BCUT2D eigenvalue weighted by Gasteiger charge is -2.35. The molecule has 0 radical (unpaired) electrons. The lowest BCUT2D eigenvalue weighted by Crippen LogP contribution is -2.36. The van der Waals surface area contributed by atoms with Crippen molar-refractivity contribution in [2.24, 2.45) is 5.41 Å². The number of rotatable bonds is 5. The molecule has 1 aromatic carbocycles. The van der Waals surface area contributed by atoms with Gasteiger partial charge in [-0.1, -0.05) is 52.8 Å². The summed E-state index contributed by atoms with van der Waals surface area (Å²) in [5.41, 5.74) is 4.68. The van der Waals surface area contributed by atoms with Gasteiger partial charge in [-0.15, -0.1) is 0 Å².